The average Bonchev–Trinajstić information content (AvgIpc) is 3.32. The largest absolute Gasteiger partial charge is 0.493 e. The molecule has 1 unspecified atom stereocenters. The van der Waals surface area contributed by atoms with Gasteiger partial charge in [-0.25, -0.2) is 0 Å². The molecule has 5 heteroatoms. The number of aryl methyl sites for hydroxylation is 1. The number of fused-ring (bicyclic) bond motifs is 1. The van der Waals surface area contributed by atoms with E-state index in [1.165, 1.54) is 16.6 Å². The molecule has 1 fully saturated rings. The number of nitrogens with zero attached hydrogens (tertiary/aromatic N) is 2. The number of carbonyl (C=O) groups excluding carboxylic acids is 1. The van der Waals surface area contributed by atoms with Gasteiger partial charge in [-0.15, -0.1) is 0 Å². The fourth-order valence-corrected chi connectivity index (χ4v) is 4.04. The van der Waals surface area contributed by atoms with Crippen LogP contribution < -0.4 is 9.47 Å². The molecule has 2 aromatic carbocycles. The number of aromatic nitrogens is 1. The van der Waals surface area contributed by atoms with Gasteiger partial charge in [0.2, 0.25) is 0 Å². The van der Waals surface area contributed by atoms with Crippen molar-refractivity contribution in [3.63, 3.8) is 0 Å². The van der Waals surface area contributed by atoms with Crippen LogP contribution in [0.5, 0.6) is 11.5 Å². The van der Waals surface area contributed by atoms with Crippen molar-refractivity contribution in [3.8, 4) is 11.5 Å². The smallest absolute Gasteiger partial charge is 0.254 e. The zero-order valence-electron chi connectivity index (χ0n) is 15.9. The number of para-hydroxylation sites is 1. The topological polar surface area (TPSA) is 43.7 Å². The van der Waals surface area contributed by atoms with Crippen LogP contribution in [-0.4, -0.2) is 42.7 Å². The van der Waals surface area contributed by atoms with Crippen LogP contribution >= 0.6 is 0 Å². The van der Waals surface area contributed by atoms with Crippen molar-refractivity contribution in [1.29, 1.82) is 0 Å². The van der Waals surface area contributed by atoms with Gasteiger partial charge in [0.15, 0.2) is 11.5 Å². The Hall–Kier alpha value is -2.95. The average molecular weight is 364 g/mol. The van der Waals surface area contributed by atoms with E-state index in [1.807, 2.05) is 4.90 Å². The number of hydrogen-bond acceptors (Lipinski definition) is 3. The summed E-state index contributed by atoms with van der Waals surface area (Å²) in [6, 6.07) is 16.0. The first-order valence-electron chi connectivity index (χ1n) is 9.18. The van der Waals surface area contributed by atoms with Gasteiger partial charge in [-0.3, -0.25) is 4.79 Å². The fourth-order valence-electron chi connectivity index (χ4n) is 4.04. The number of ether oxygens (including phenoxy) is 2. The highest BCUT2D eigenvalue weighted by molar-refractivity contribution is 5.95. The molecule has 1 atom stereocenters. The van der Waals surface area contributed by atoms with Crippen LogP contribution in [0.1, 0.15) is 28.4 Å². The van der Waals surface area contributed by atoms with E-state index in [9.17, 15) is 4.79 Å². The summed E-state index contributed by atoms with van der Waals surface area (Å²) in [5, 5.41) is 1.25. The van der Waals surface area contributed by atoms with Gasteiger partial charge in [-0.2, -0.15) is 0 Å². The van der Waals surface area contributed by atoms with Gasteiger partial charge in [0.1, 0.15) is 0 Å². The summed E-state index contributed by atoms with van der Waals surface area (Å²) in [5.41, 5.74) is 3.15. The first-order valence-corrected chi connectivity index (χ1v) is 9.18. The number of rotatable bonds is 4. The summed E-state index contributed by atoms with van der Waals surface area (Å²) >= 11 is 0. The Kier molecular flexibility index (Phi) is 4.52. The van der Waals surface area contributed by atoms with E-state index >= 15 is 0 Å². The molecule has 0 radical (unpaired) electrons. The van der Waals surface area contributed by atoms with Crippen molar-refractivity contribution < 1.29 is 14.3 Å². The molecule has 1 saturated heterocycles. The van der Waals surface area contributed by atoms with Crippen LogP contribution in [0.25, 0.3) is 10.9 Å². The lowest BCUT2D eigenvalue weighted by Gasteiger charge is -2.18. The molecule has 0 N–H and O–H groups in total. The Labute approximate surface area is 159 Å². The molecule has 1 aliphatic heterocycles. The molecule has 2 heterocycles. The number of hydrogen-bond donors (Lipinski definition) is 0. The molecule has 140 valence electrons. The Balaban J connectivity index is 1.55. The van der Waals surface area contributed by atoms with Crippen molar-refractivity contribution in [2.24, 2.45) is 7.05 Å². The maximum Gasteiger partial charge on any atom is 0.254 e. The molecule has 1 amide bonds. The number of carbonyl (C=O) groups is 1. The standard InChI is InChI=1S/C22H24N2O3/c1-23-18-7-5-4-6-15(18)12-19(23)17-10-11-24(14-17)22(25)16-8-9-20(26-2)21(13-16)27-3/h4-9,12-13,17H,10-11,14H2,1-3H3. The third kappa shape index (κ3) is 3.03. The molecule has 0 aliphatic carbocycles. The zero-order chi connectivity index (χ0) is 19.0. The van der Waals surface area contributed by atoms with Crippen LogP contribution in [0.15, 0.2) is 48.5 Å². The Morgan fingerprint density at radius 1 is 1.04 bits per heavy atom. The summed E-state index contributed by atoms with van der Waals surface area (Å²) in [5.74, 6) is 1.60. The minimum atomic E-state index is 0.0391. The molecular formula is C22H24N2O3. The quantitative estimate of drug-likeness (QED) is 0.707. The van der Waals surface area contributed by atoms with Crippen molar-refractivity contribution in [3.05, 3.63) is 59.8 Å². The second-order valence-corrected chi connectivity index (χ2v) is 6.99. The fraction of sp³-hybridized carbons (Fsp3) is 0.318. The van der Waals surface area contributed by atoms with Crippen LogP contribution in [0.4, 0.5) is 0 Å². The molecule has 0 bridgehead atoms. The second-order valence-electron chi connectivity index (χ2n) is 6.99. The molecule has 5 nitrogen and oxygen atoms in total. The van der Waals surface area contributed by atoms with Gasteiger partial charge in [0.05, 0.1) is 14.2 Å². The lowest BCUT2D eigenvalue weighted by molar-refractivity contribution is 0.0790. The summed E-state index contributed by atoms with van der Waals surface area (Å²) in [7, 11) is 5.28. The van der Waals surface area contributed by atoms with Crippen molar-refractivity contribution in [2.75, 3.05) is 27.3 Å². The summed E-state index contributed by atoms with van der Waals surface area (Å²) in [6.07, 6.45) is 0.975. The molecule has 0 saturated carbocycles. The first-order chi connectivity index (χ1) is 13.1. The second kappa shape index (κ2) is 6.99. The van der Waals surface area contributed by atoms with Gasteiger partial charge >= 0.3 is 0 Å². The van der Waals surface area contributed by atoms with Crippen molar-refractivity contribution in [1.82, 2.24) is 9.47 Å². The Morgan fingerprint density at radius 3 is 2.56 bits per heavy atom. The van der Waals surface area contributed by atoms with Crippen LogP contribution in [0, 0.1) is 0 Å². The van der Waals surface area contributed by atoms with E-state index in [0.717, 1.165) is 19.5 Å². The summed E-state index contributed by atoms with van der Waals surface area (Å²) < 4.78 is 12.8. The van der Waals surface area contributed by atoms with Gasteiger partial charge in [0.25, 0.3) is 5.91 Å². The summed E-state index contributed by atoms with van der Waals surface area (Å²) in [6.45, 7) is 1.50. The minimum Gasteiger partial charge on any atom is -0.493 e. The SMILES string of the molecule is COc1ccc(C(=O)N2CCC(c3cc4ccccc4n3C)C2)cc1OC. The molecule has 4 rings (SSSR count). The zero-order valence-corrected chi connectivity index (χ0v) is 15.9. The maximum atomic E-state index is 13.0. The lowest BCUT2D eigenvalue weighted by Crippen LogP contribution is -2.28. The van der Waals surface area contributed by atoms with Crippen molar-refractivity contribution in [2.45, 2.75) is 12.3 Å². The van der Waals surface area contributed by atoms with E-state index in [4.69, 9.17) is 9.47 Å². The lowest BCUT2D eigenvalue weighted by atomic mass is 10.0. The van der Waals surface area contributed by atoms with E-state index in [2.05, 4.69) is 41.9 Å². The van der Waals surface area contributed by atoms with Gasteiger partial charge in [-0.1, -0.05) is 18.2 Å². The number of benzene rings is 2. The number of methoxy groups -OCH3 is 2. The normalized spacial score (nSPS) is 16.7. The molecule has 3 aromatic rings. The third-order valence-electron chi connectivity index (χ3n) is 5.51. The molecule has 27 heavy (non-hydrogen) atoms. The van der Waals surface area contributed by atoms with Crippen LogP contribution in [-0.2, 0) is 7.05 Å². The first kappa shape index (κ1) is 17.5. The number of likely N-dealkylation sites (tertiary alicyclic amines) is 1. The summed E-state index contributed by atoms with van der Waals surface area (Å²) in [4.78, 5) is 14.9. The van der Waals surface area contributed by atoms with Gasteiger partial charge < -0.3 is 18.9 Å². The van der Waals surface area contributed by atoms with E-state index in [1.54, 1.807) is 32.4 Å². The molecular weight excluding hydrogens is 340 g/mol. The van der Waals surface area contributed by atoms with Crippen LogP contribution in [0.3, 0.4) is 0 Å². The van der Waals surface area contributed by atoms with E-state index in [0.29, 0.717) is 23.0 Å². The third-order valence-corrected chi connectivity index (χ3v) is 5.51. The molecule has 1 aromatic heterocycles. The van der Waals surface area contributed by atoms with E-state index < -0.39 is 0 Å². The predicted molar refractivity (Wildman–Crippen MR) is 106 cm³/mol. The highest BCUT2D eigenvalue weighted by Crippen LogP contribution is 2.33. The van der Waals surface area contributed by atoms with Gasteiger partial charge in [0, 0.05) is 42.8 Å². The number of amides is 1. The molecule has 0 spiro atoms. The molecule has 1 aliphatic rings. The van der Waals surface area contributed by atoms with E-state index in [-0.39, 0.29) is 5.91 Å². The monoisotopic (exact) mass is 364 g/mol. The van der Waals surface area contributed by atoms with Crippen molar-refractivity contribution >= 4 is 16.8 Å². The van der Waals surface area contributed by atoms with Gasteiger partial charge in [-0.05, 0) is 42.1 Å². The highest BCUT2D eigenvalue weighted by Gasteiger charge is 2.30. The minimum absolute atomic E-state index is 0.0391. The predicted octanol–water partition coefficient (Wildman–Crippen LogP) is 3.83. The Bertz CT molecular complexity index is 992. The maximum absolute atomic E-state index is 13.0. The van der Waals surface area contributed by atoms with Crippen LogP contribution in [0.2, 0.25) is 0 Å². The Morgan fingerprint density at radius 2 is 1.81 bits per heavy atom. The highest BCUT2D eigenvalue weighted by atomic mass is 16.5.